The average Bonchev–Trinajstić information content (AvgIpc) is 2.59. The number of rotatable bonds is 2. The Morgan fingerprint density at radius 3 is 2.75 bits per heavy atom. The maximum absolute atomic E-state index is 12.6. The molecule has 0 saturated carbocycles. The summed E-state index contributed by atoms with van der Waals surface area (Å²) in [5.41, 5.74) is 2.54. The van der Waals surface area contributed by atoms with Crippen molar-refractivity contribution < 1.29 is 14.3 Å². The van der Waals surface area contributed by atoms with Crippen molar-refractivity contribution in [2.75, 3.05) is 13.2 Å². The molecule has 24 heavy (non-hydrogen) atoms. The van der Waals surface area contributed by atoms with Crippen LogP contribution in [0.4, 0.5) is 0 Å². The fourth-order valence-corrected chi connectivity index (χ4v) is 2.82. The lowest BCUT2D eigenvalue weighted by Crippen LogP contribution is -2.42. The van der Waals surface area contributed by atoms with E-state index in [4.69, 9.17) is 4.74 Å². The van der Waals surface area contributed by atoms with E-state index in [1.807, 2.05) is 36.4 Å². The number of amides is 2. The fraction of sp³-hybridized carbons (Fsp3) is 0.211. The molecule has 2 aliphatic heterocycles. The van der Waals surface area contributed by atoms with E-state index in [-0.39, 0.29) is 18.0 Å². The lowest BCUT2D eigenvalue weighted by molar-refractivity contribution is -0.140. The molecule has 2 amide bonds. The second-order valence-electron chi connectivity index (χ2n) is 5.57. The Balaban J connectivity index is 2.08. The molecule has 0 spiro atoms. The predicted octanol–water partition coefficient (Wildman–Crippen LogP) is 2.62. The minimum Gasteiger partial charge on any atom is -0.488 e. The minimum absolute atomic E-state index is 0.0143. The first-order chi connectivity index (χ1) is 11.6. The lowest BCUT2D eigenvalue weighted by Gasteiger charge is -2.26. The van der Waals surface area contributed by atoms with Crippen LogP contribution in [0.2, 0.25) is 0 Å². The van der Waals surface area contributed by atoms with Gasteiger partial charge in [0.25, 0.3) is 11.8 Å². The number of benzene rings is 1. The van der Waals surface area contributed by atoms with Crippen LogP contribution in [0.3, 0.4) is 0 Å². The van der Waals surface area contributed by atoms with Crippen molar-refractivity contribution >= 4 is 17.9 Å². The molecule has 0 N–H and O–H groups in total. The predicted molar refractivity (Wildman–Crippen MR) is 88.7 cm³/mol. The molecular formula is C19H16N2O3. The van der Waals surface area contributed by atoms with Crippen molar-refractivity contribution in [1.82, 2.24) is 4.90 Å². The number of imide groups is 1. The summed E-state index contributed by atoms with van der Waals surface area (Å²) >= 11 is 0. The van der Waals surface area contributed by atoms with E-state index in [9.17, 15) is 14.9 Å². The van der Waals surface area contributed by atoms with Gasteiger partial charge in [0.2, 0.25) is 0 Å². The smallest absolute Gasteiger partial charge is 0.271 e. The number of hydrogen-bond acceptors (Lipinski definition) is 4. The molecule has 0 radical (unpaired) electrons. The van der Waals surface area contributed by atoms with E-state index in [1.54, 1.807) is 19.9 Å². The van der Waals surface area contributed by atoms with Gasteiger partial charge in [-0.25, -0.2) is 0 Å². The van der Waals surface area contributed by atoms with Gasteiger partial charge >= 0.3 is 0 Å². The van der Waals surface area contributed by atoms with E-state index in [0.29, 0.717) is 17.8 Å². The third kappa shape index (κ3) is 2.52. The number of carbonyl (C=O) groups is 2. The van der Waals surface area contributed by atoms with Crippen molar-refractivity contribution in [2.24, 2.45) is 0 Å². The highest BCUT2D eigenvalue weighted by atomic mass is 16.5. The summed E-state index contributed by atoms with van der Waals surface area (Å²) in [6, 6.07) is 9.55. The van der Waals surface area contributed by atoms with Crippen LogP contribution < -0.4 is 4.74 Å². The van der Waals surface area contributed by atoms with Gasteiger partial charge in [0.1, 0.15) is 24.0 Å². The van der Waals surface area contributed by atoms with Gasteiger partial charge in [-0.05, 0) is 43.2 Å². The van der Waals surface area contributed by atoms with Crippen LogP contribution in [0.25, 0.3) is 6.08 Å². The van der Waals surface area contributed by atoms with Crippen LogP contribution >= 0.6 is 0 Å². The van der Waals surface area contributed by atoms with Crippen molar-refractivity contribution in [3.05, 3.63) is 58.2 Å². The Morgan fingerprint density at radius 1 is 1.29 bits per heavy atom. The molecule has 5 nitrogen and oxygen atoms in total. The molecule has 0 bridgehead atoms. The number of fused-ring (bicyclic) bond motifs is 1. The first kappa shape index (κ1) is 15.8. The van der Waals surface area contributed by atoms with Gasteiger partial charge in [-0.3, -0.25) is 14.5 Å². The van der Waals surface area contributed by atoms with Crippen LogP contribution in [-0.2, 0) is 9.59 Å². The number of hydrogen-bond donors (Lipinski definition) is 0. The molecule has 0 saturated heterocycles. The number of ether oxygens (including phenoxy) is 1. The van der Waals surface area contributed by atoms with E-state index >= 15 is 0 Å². The summed E-state index contributed by atoms with van der Waals surface area (Å²) in [4.78, 5) is 25.8. The highest BCUT2D eigenvalue weighted by Gasteiger charge is 2.34. The minimum atomic E-state index is -0.529. The summed E-state index contributed by atoms with van der Waals surface area (Å²) in [6.45, 7) is 3.91. The van der Waals surface area contributed by atoms with E-state index in [2.05, 4.69) is 0 Å². The topological polar surface area (TPSA) is 70.4 Å². The van der Waals surface area contributed by atoms with E-state index in [1.165, 1.54) is 0 Å². The molecule has 120 valence electrons. The molecule has 5 heteroatoms. The first-order valence-corrected chi connectivity index (χ1v) is 7.68. The zero-order valence-corrected chi connectivity index (χ0v) is 13.5. The number of carbonyl (C=O) groups excluding carboxylic acids is 2. The second-order valence-corrected chi connectivity index (χ2v) is 5.57. The van der Waals surface area contributed by atoms with Gasteiger partial charge in [0.15, 0.2) is 0 Å². The van der Waals surface area contributed by atoms with Gasteiger partial charge in [-0.1, -0.05) is 18.2 Å². The molecule has 2 heterocycles. The molecule has 0 aliphatic carbocycles. The number of likely N-dealkylation sites (N-methyl/N-ethyl adjacent to an activating group) is 1. The van der Waals surface area contributed by atoms with Crippen molar-refractivity contribution in [1.29, 1.82) is 5.26 Å². The fourth-order valence-electron chi connectivity index (χ4n) is 2.82. The van der Waals surface area contributed by atoms with Gasteiger partial charge in [-0.2, -0.15) is 5.26 Å². The van der Waals surface area contributed by atoms with E-state index in [0.717, 1.165) is 21.8 Å². The maximum atomic E-state index is 12.6. The molecule has 2 aliphatic rings. The molecule has 3 rings (SSSR count). The SMILES string of the molecule is CCN1C(=O)C(C#N)=C(C)/C(=C/C2=Cc3ccccc3OC2)C1=O. The summed E-state index contributed by atoms with van der Waals surface area (Å²) in [6.07, 6.45) is 3.66. The second kappa shape index (κ2) is 6.17. The number of nitrogens with zero attached hydrogens (tertiary/aromatic N) is 2. The first-order valence-electron chi connectivity index (χ1n) is 7.68. The quantitative estimate of drug-likeness (QED) is 0.620. The zero-order chi connectivity index (χ0) is 17.3. The van der Waals surface area contributed by atoms with Gasteiger partial charge < -0.3 is 4.74 Å². The molecule has 0 unspecified atom stereocenters. The zero-order valence-electron chi connectivity index (χ0n) is 13.5. The van der Waals surface area contributed by atoms with Crippen LogP contribution in [0.1, 0.15) is 19.4 Å². The number of nitriles is 1. The normalized spacial score (nSPS) is 19.0. The standard InChI is InChI=1S/C19H16N2O3/c1-3-21-18(22)15(12(2)16(10-20)19(21)23)9-13-8-14-6-4-5-7-17(14)24-11-13/h4-9H,3,11H2,1-2H3/b15-9-. The Morgan fingerprint density at radius 2 is 2.04 bits per heavy atom. The van der Waals surface area contributed by atoms with E-state index < -0.39 is 5.91 Å². The van der Waals surface area contributed by atoms with Crippen molar-refractivity contribution in [3.8, 4) is 11.8 Å². The van der Waals surface area contributed by atoms with Crippen LogP contribution in [-0.4, -0.2) is 29.9 Å². The third-order valence-corrected chi connectivity index (χ3v) is 4.13. The lowest BCUT2D eigenvalue weighted by atomic mass is 9.93. The molecule has 0 fully saturated rings. The molecular weight excluding hydrogens is 304 g/mol. The van der Waals surface area contributed by atoms with Gasteiger partial charge in [-0.15, -0.1) is 0 Å². The molecule has 0 aromatic heterocycles. The highest BCUT2D eigenvalue weighted by molar-refractivity contribution is 6.18. The van der Waals surface area contributed by atoms with Gasteiger partial charge in [0, 0.05) is 17.7 Å². The van der Waals surface area contributed by atoms with Crippen LogP contribution in [0.15, 0.2) is 52.6 Å². The summed E-state index contributed by atoms with van der Waals surface area (Å²) in [5, 5.41) is 9.25. The Kier molecular flexibility index (Phi) is 4.05. The highest BCUT2D eigenvalue weighted by Crippen LogP contribution is 2.30. The monoisotopic (exact) mass is 320 g/mol. The molecule has 0 atom stereocenters. The van der Waals surface area contributed by atoms with Crippen LogP contribution in [0, 0.1) is 11.3 Å². The number of para-hydroxylation sites is 1. The maximum Gasteiger partial charge on any atom is 0.271 e. The molecule has 1 aromatic rings. The third-order valence-electron chi connectivity index (χ3n) is 4.13. The van der Waals surface area contributed by atoms with Crippen molar-refractivity contribution in [3.63, 3.8) is 0 Å². The summed E-state index contributed by atoms with van der Waals surface area (Å²) in [7, 11) is 0. The van der Waals surface area contributed by atoms with Crippen LogP contribution in [0.5, 0.6) is 5.75 Å². The molecule has 1 aromatic carbocycles. The Bertz CT molecular complexity index is 869. The summed E-state index contributed by atoms with van der Waals surface area (Å²) in [5.74, 6) is -0.109. The average molecular weight is 320 g/mol. The largest absolute Gasteiger partial charge is 0.488 e. The summed E-state index contributed by atoms with van der Waals surface area (Å²) < 4.78 is 5.69. The van der Waals surface area contributed by atoms with Crippen molar-refractivity contribution in [2.45, 2.75) is 13.8 Å². The van der Waals surface area contributed by atoms with Gasteiger partial charge in [0.05, 0.1) is 0 Å². The Hall–Kier alpha value is -3.13. The Labute approximate surface area is 140 Å².